The molecular weight excluding hydrogens is 369 g/mol. The molecule has 1 atom stereocenters. The molecule has 2 rings (SSSR count). The molecular formula is C20H25F3N4O. The Morgan fingerprint density at radius 3 is 2.50 bits per heavy atom. The maximum Gasteiger partial charge on any atom is 0.406 e. The first kappa shape index (κ1) is 21.5. The van der Waals surface area contributed by atoms with E-state index >= 15 is 0 Å². The van der Waals surface area contributed by atoms with Gasteiger partial charge in [0.2, 0.25) is 5.91 Å². The lowest BCUT2D eigenvalue weighted by atomic mass is 10.0. The molecule has 1 unspecified atom stereocenters. The number of guanidine groups is 1. The van der Waals surface area contributed by atoms with Crippen LogP contribution < -0.4 is 10.6 Å². The van der Waals surface area contributed by atoms with Crippen LogP contribution in [0.1, 0.15) is 25.5 Å². The number of aliphatic imine (C=N–C) groups is 1. The third kappa shape index (κ3) is 6.44. The Morgan fingerprint density at radius 2 is 1.86 bits per heavy atom. The molecule has 0 fully saturated rings. The summed E-state index contributed by atoms with van der Waals surface area (Å²) in [5.41, 5.74) is 1.03. The van der Waals surface area contributed by atoms with Crippen molar-refractivity contribution in [2.75, 3.05) is 26.7 Å². The first-order valence-electron chi connectivity index (χ1n) is 9.04. The normalized spacial score (nSPS) is 13.3. The Morgan fingerprint density at radius 1 is 1.18 bits per heavy atom. The molecule has 0 aromatic heterocycles. The number of rotatable bonds is 6. The average molecular weight is 394 g/mol. The fourth-order valence-corrected chi connectivity index (χ4v) is 2.71. The van der Waals surface area contributed by atoms with E-state index in [4.69, 9.17) is 0 Å². The Kier molecular flexibility index (Phi) is 7.25. The topological polar surface area (TPSA) is 56.7 Å². The molecule has 2 N–H and O–H groups in total. The smallest absolute Gasteiger partial charge is 0.357 e. The van der Waals surface area contributed by atoms with Crippen LogP contribution >= 0.6 is 0 Å². The van der Waals surface area contributed by atoms with Gasteiger partial charge in [0, 0.05) is 13.6 Å². The van der Waals surface area contributed by atoms with Gasteiger partial charge in [0.1, 0.15) is 13.1 Å². The molecule has 0 aliphatic heterocycles. The van der Waals surface area contributed by atoms with Crippen LogP contribution in [0.2, 0.25) is 0 Å². The highest BCUT2D eigenvalue weighted by Crippen LogP contribution is 2.20. The van der Waals surface area contributed by atoms with Gasteiger partial charge in [0.25, 0.3) is 0 Å². The predicted molar refractivity (Wildman–Crippen MR) is 105 cm³/mol. The first-order chi connectivity index (χ1) is 13.2. The van der Waals surface area contributed by atoms with E-state index in [0.29, 0.717) is 17.4 Å². The van der Waals surface area contributed by atoms with Crippen molar-refractivity contribution in [1.82, 2.24) is 15.5 Å². The van der Waals surface area contributed by atoms with Gasteiger partial charge in [-0.3, -0.25) is 4.79 Å². The van der Waals surface area contributed by atoms with Crippen LogP contribution in [0.3, 0.4) is 0 Å². The van der Waals surface area contributed by atoms with Gasteiger partial charge in [-0.1, -0.05) is 36.4 Å². The Bertz CT molecular complexity index is 836. The highest BCUT2D eigenvalue weighted by Gasteiger charge is 2.31. The molecule has 8 heteroatoms. The second kappa shape index (κ2) is 9.43. The number of halogens is 3. The predicted octanol–water partition coefficient (Wildman–Crippen LogP) is 3.48. The molecule has 0 spiro atoms. The average Bonchev–Trinajstić information content (AvgIpc) is 2.64. The van der Waals surface area contributed by atoms with Crippen LogP contribution in [-0.4, -0.2) is 49.6 Å². The number of nitrogens with zero attached hydrogens (tertiary/aromatic N) is 2. The van der Waals surface area contributed by atoms with Crippen LogP contribution in [-0.2, 0) is 4.79 Å². The summed E-state index contributed by atoms with van der Waals surface area (Å²) in [6.45, 7) is 2.72. The number of hydrogen-bond donors (Lipinski definition) is 2. The highest BCUT2D eigenvalue weighted by atomic mass is 19.4. The van der Waals surface area contributed by atoms with Gasteiger partial charge in [0.05, 0.1) is 6.04 Å². The minimum Gasteiger partial charge on any atom is -0.357 e. The third-order valence-electron chi connectivity index (χ3n) is 4.19. The zero-order valence-electron chi connectivity index (χ0n) is 16.2. The number of fused-ring (bicyclic) bond motifs is 1. The Labute approximate surface area is 162 Å². The summed E-state index contributed by atoms with van der Waals surface area (Å²) in [7, 11) is 1.11. The van der Waals surface area contributed by atoms with Gasteiger partial charge in [0.15, 0.2) is 5.96 Å². The monoisotopic (exact) mass is 394 g/mol. The summed E-state index contributed by atoms with van der Waals surface area (Å²) in [5.74, 6) is -0.329. The van der Waals surface area contributed by atoms with Crippen LogP contribution in [0.15, 0.2) is 47.5 Å². The lowest BCUT2D eigenvalue weighted by Crippen LogP contribution is -2.41. The maximum atomic E-state index is 12.4. The van der Waals surface area contributed by atoms with E-state index in [1.54, 1.807) is 0 Å². The molecule has 0 aliphatic rings. The molecule has 0 saturated carbocycles. The summed E-state index contributed by atoms with van der Waals surface area (Å²) < 4.78 is 37.2. The second-order valence-electron chi connectivity index (χ2n) is 6.53. The molecule has 5 nitrogen and oxygen atoms in total. The summed E-state index contributed by atoms with van der Waals surface area (Å²) in [6.07, 6.45) is -4.43. The molecule has 0 radical (unpaired) electrons. The SMILES string of the molecule is CCNC(=NCC(=O)N(C)CC(F)(F)F)NC(C)c1ccc2ccccc2c1. The van der Waals surface area contributed by atoms with Crippen LogP contribution in [0.4, 0.5) is 13.2 Å². The molecule has 28 heavy (non-hydrogen) atoms. The zero-order valence-corrected chi connectivity index (χ0v) is 16.2. The fourth-order valence-electron chi connectivity index (χ4n) is 2.71. The largest absolute Gasteiger partial charge is 0.406 e. The van der Waals surface area contributed by atoms with E-state index in [9.17, 15) is 18.0 Å². The molecule has 0 bridgehead atoms. The van der Waals surface area contributed by atoms with Crippen LogP contribution in [0, 0.1) is 0 Å². The van der Waals surface area contributed by atoms with E-state index in [1.807, 2.05) is 50.2 Å². The Hall–Kier alpha value is -2.77. The summed E-state index contributed by atoms with van der Waals surface area (Å²) >= 11 is 0. The molecule has 1 amide bonds. The summed E-state index contributed by atoms with van der Waals surface area (Å²) in [6, 6.07) is 14.0. The molecule has 2 aromatic carbocycles. The van der Waals surface area contributed by atoms with E-state index in [0.717, 1.165) is 23.4 Å². The Balaban J connectivity index is 2.05. The second-order valence-corrected chi connectivity index (χ2v) is 6.53. The maximum absolute atomic E-state index is 12.4. The highest BCUT2D eigenvalue weighted by molar-refractivity contribution is 5.86. The standard InChI is InChI=1S/C20H25F3N4O/c1-4-24-19(25-12-18(28)27(3)13-20(21,22)23)26-14(2)16-10-9-15-7-5-6-8-17(15)11-16/h5-11,14H,4,12-13H2,1-3H3,(H2,24,25,26). The van der Waals surface area contributed by atoms with E-state index < -0.39 is 18.6 Å². The van der Waals surface area contributed by atoms with Crippen molar-refractivity contribution in [3.63, 3.8) is 0 Å². The van der Waals surface area contributed by atoms with Crippen LogP contribution in [0.5, 0.6) is 0 Å². The third-order valence-corrected chi connectivity index (χ3v) is 4.19. The number of nitrogens with one attached hydrogen (secondary N) is 2. The van der Waals surface area contributed by atoms with E-state index in [-0.39, 0.29) is 12.6 Å². The summed E-state index contributed by atoms with van der Waals surface area (Å²) in [5, 5.41) is 8.44. The minimum atomic E-state index is -4.43. The molecule has 2 aromatic rings. The van der Waals surface area contributed by atoms with Crippen molar-refractivity contribution in [2.24, 2.45) is 4.99 Å². The first-order valence-corrected chi connectivity index (χ1v) is 9.04. The van der Waals surface area contributed by atoms with Gasteiger partial charge in [-0.05, 0) is 36.2 Å². The number of carbonyl (C=O) groups excluding carboxylic acids is 1. The number of carbonyl (C=O) groups is 1. The number of benzene rings is 2. The zero-order chi connectivity index (χ0) is 20.7. The van der Waals surface area contributed by atoms with Gasteiger partial charge in [-0.15, -0.1) is 0 Å². The van der Waals surface area contributed by atoms with E-state index in [2.05, 4.69) is 21.7 Å². The van der Waals surface area contributed by atoms with Crippen molar-refractivity contribution >= 4 is 22.6 Å². The number of likely N-dealkylation sites (N-methyl/N-ethyl adjacent to an activating group) is 1. The van der Waals surface area contributed by atoms with E-state index in [1.165, 1.54) is 0 Å². The summed E-state index contributed by atoms with van der Waals surface area (Å²) in [4.78, 5) is 16.6. The van der Waals surface area contributed by atoms with Crippen molar-refractivity contribution in [1.29, 1.82) is 0 Å². The van der Waals surface area contributed by atoms with Gasteiger partial charge in [-0.25, -0.2) is 4.99 Å². The molecule has 0 aliphatic carbocycles. The lowest BCUT2D eigenvalue weighted by molar-refractivity contribution is -0.157. The lowest BCUT2D eigenvalue weighted by Gasteiger charge is -2.20. The van der Waals surface area contributed by atoms with Crippen LogP contribution in [0.25, 0.3) is 10.8 Å². The molecule has 0 heterocycles. The van der Waals surface area contributed by atoms with Crippen molar-refractivity contribution in [2.45, 2.75) is 26.1 Å². The van der Waals surface area contributed by atoms with Gasteiger partial charge < -0.3 is 15.5 Å². The van der Waals surface area contributed by atoms with Crippen molar-refractivity contribution < 1.29 is 18.0 Å². The van der Waals surface area contributed by atoms with Gasteiger partial charge in [-0.2, -0.15) is 13.2 Å². The number of amides is 1. The van der Waals surface area contributed by atoms with Crippen molar-refractivity contribution in [3.8, 4) is 0 Å². The number of hydrogen-bond acceptors (Lipinski definition) is 2. The molecule has 0 saturated heterocycles. The van der Waals surface area contributed by atoms with Crippen molar-refractivity contribution in [3.05, 3.63) is 48.0 Å². The minimum absolute atomic E-state index is 0.106. The fraction of sp³-hybridized carbons (Fsp3) is 0.400. The molecule has 152 valence electrons. The van der Waals surface area contributed by atoms with Gasteiger partial charge >= 0.3 is 6.18 Å². The number of alkyl halides is 3. The quantitative estimate of drug-likeness (QED) is 0.583.